The maximum absolute atomic E-state index is 13.0. The summed E-state index contributed by atoms with van der Waals surface area (Å²) in [6.07, 6.45) is 1.50. The zero-order chi connectivity index (χ0) is 20.4. The molecule has 0 aliphatic carbocycles. The predicted octanol–water partition coefficient (Wildman–Crippen LogP) is 3.01. The van der Waals surface area contributed by atoms with Crippen LogP contribution in [-0.4, -0.2) is 31.0 Å². The summed E-state index contributed by atoms with van der Waals surface area (Å²) in [5.41, 5.74) is 1.54. The van der Waals surface area contributed by atoms with Crippen LogP contribution in [0.5, 0.6) is 0 Å². The molecule has 3 aromatic rings. The van der Waals surface area contributed by atoms with Gasteiger partial charge in [0.25, 0.3) is 10.0 Å². The summed E-state index contributed by atoms with van der Waals surface area (Å²) in [5.74, 6) is 0.0619. The molecule has 0 radical (unpaired) electrons. The van der Waals surface area contributed by atoms with Gasteiger partial charge >= 0.3 is 0 Å². The number of hydrogen-bond donors (Lipinski definition) is 1. The Kier molecular flexibility index (Phi) is 5.12. The highest BCUT2D eigenvalue weighted by Gasteiger charge is 2.34. The average molecular weight is 430 g/mol. The van der Waals surface area contributed by atoms with Crippen molar-refractivity contribution in [3.05, 3.63) is 88.8 Å². The first-order valence-electron chi connectivity index (χ1n) is 8.71. The molecule has 0 unspecified atom stereocenters. The van der Waals surface area contributed by atoms with Crippen LogP contribution in [0, 0.1) is 0 Å². The van der Waals surface area contributed by atoms with E-state index in [0.717, 1.165) is 4.41 Å². The molecular weight excluding hydrogens is 414 g/mol. The number of hydrazone groups is 1. The lowest BCUT2D eigenvalue weighted by molar-refractivity contribution is -0.121. The van der Waals surface area contributed by atoms with Gasteiger partial charge in [-0.05, 0) is 30.3 Å². The van der Waals surface area contributed by atoms with Crippen LogP contribution in [0.3, 0.4) is 0 Å². The molecule has 4 rings (SSSR count). The fourth-order valence-electron chi connectivity index (χ4n) is 2.95. The first-order valence-corrected chi connectivity index (χ1v) is 10.5. The van der Waals surface area contributed by atoms with Gasteiger partial charge in [-0.1, -0.05) is 41.9 Å². The number of hydrogen-bond acceptors (Lipinski definition) is 5. The zero-order valence-corrected chi connectivity index (χ0v) is 16.7. The van der Waals surface area contributed by atoms with Crippen LogP contribution in [0.2, 0.25) is 5.02 Å². The van der Waals surface area contributed by atoms with Crippen molar-refractivity contribution in [1.82, 2.24) is 9.73 Å². The number of carbonyl (C=O) groups is 1. The Bertz CT molecular complexity index is 1180. The molecule has 1 amide bonds. The van der Waals surface area contributed by atoms with Gasteiger partial charge in [-0.3, -0.25) is 4.79 Å². The molecule has 0 saturated heterocycles. The largest absolute Gasteiger partial charge is 0.467 e. The van der Waals surface area contributed by atoms with Gasteiger partial charge in [0.2, 0.25) is 5.91 Å². The number of furan rings is 1. The Labute approximate surface area is 172 Å². The minimum absolute atomic E-state index is 0.0505. The van der Waals surface area contributed by atoms with Crippen molar-refractivity contribution < 1.29 is 17.6 Å². The average Bonchev–Trinajstić information content (AvgIpc) is 3.23. The minimum Gasteiger partial charge on any atom is -0.467 e. The lowest BCUT2D eigenvalue weighted by Crippen LogP contribution is -2.40. The van der Waals surface area contributed by atoms with Gasteiger partial charge in [-0.25, -0.2) is 0 Å². The van der Waals surface area contributed by atoms with E-state index in [1.165, 1.54) is 18.4 Å². The summed E-state index contributed by atoms with van der Waals surface area (Å²) in [7, 11) is -4.00. The van der Waals surface area contributed by atoms with Crippen molar-refractivity contribution in [2.45, 2.75) is 11.4 Å². The molecule has 1 N–H and O–H groups in total. The quantitative estimate of drug-likeness (QED) is 0.674. The van der Waals surface area contributed by atoms with Gasteiger partial charge < -0.3 is 9.73 Å². The van der Waals surface area contributed by atoms with Crippen LogP contribution >= 0.6 is 11.6 Å². The Balaban J connectivity index is 1.68. The van der Waals surface area contributed by atoms with E-state index in [9.17, 15) is 13.2 Å². The minimum atomic E-state index is -4.00. The third kappa shape index (κ3) is 3.90. The number of halogens is 1. The molecular formula is C20H16ClN3O4S. The lowest BCUT2D eigenvalue weighted by atomic mass is 10.0. The van der Waals surface area contributed by atoms with Crippen molar-refractivity contribution in [2.75, 3.05) is 6.54 Å². The Morgan fingerprint density at radius 2 is 1.90 bits per heavy atom. The molecule has 0 atom stereocenters. The molecule has 1 aliphatic heterocycles. The molecule has 9 heteroatoms. The maximum atomic E-state index is 13.0. The standard InChI is InChI=1S/C20H16ClN3O4S/c21-15-8-9-18-17(11-15)20(14-5-2-1-3-6-14)23-24(29(18,26)27)13-19(25)22-12-16-7-4-10-28-16/h1-11H,12-13H2,(H,22,25). The molecule has 1 aliphatic rings. The van der Waals surface area contributed by atoms with Crippen LogP contribution in [0.4, 0.5) is 0 Å². The normalized spacial score (nSPS) is 14.8. The molecule has 7 nitrogen and oxygen atoms in total. The van der Waals surface area contributed by atoms with E-state index < -0.39 is 22.5 Å². The molecule has 2 heterocycles. The predicted molar refractivity (Wildman–Crippen MR) is 108 cm³/mol. The number of rotatable bonds is 5. The first kappa shape index (κ1) is 19.2. The third-order valence-electron chi connectivity index (χ3n) is 4.33. The number of amides is 1. The molecule has 0 bridgehead atoms. The van der Waals surface area contributed by atoms with Gasteiger partial charge in [0.15, 0.2) is 0 Å². The van der Waals surface area contributed by atoms with Crippen LogP contribution in [0.25, 0.3) is 0 Å². The number of sulfonamides is 1. The highest BCUT2D eigenvalue weighted by Crippen LogP contribution is 2.30. The highest BCUT2D eigenvalue weighted by atomic mass is 35.5. The first-order chi connectivity index (χ1) is 13.9. The summed E-state index contributed by atoms with van der Waals surface area (Å²) in [5, 5.41) is 7.32. The van der Waals surface area contributed by atoms with E-state index >= 15 is 0 Å². The van der Waals surface area contributed by atoms with E-state index in [-0.39, 0.29) is 11.4 Å². The fourth-order valence-corrected chi connectivity index (χ4v) is 4.50. The van der Waals surface area contributed by atoms with Gasteiger partial charge in [0.1, 0.15) is 18.0 Å². The van der Waals surface area contributed by atoms with E-state index in [0.29, 0.717) is 27.6 Å². The molecule has 29 heavy (non-hydrogen) atoms. The summed E-state index contributed by atoms with van der Waals surface area (Å²) in [4.78, 5) is 12.4. The van der Waals surface area contributed by atoms with Crippen LogP contribution in [-0.2, 0) is 21.4 Å². The fraction of sp³-hybridized carbons (Fsp3) is 0.100. The topological polar surface area (TPSA) is 92.0 Å². The summed E-state index contributed by atoms with van der Waals surface area (Å²) in [6, 6.07) is 17.0. The molecule has 1 aromatic heterocycles. The Hall–Kier alpha value is -3.10. The molecule has 0 fully saturated rings. The molecule has 0 saturated carbocycles. The van der Waals surface area contributed by atoms with Gasteiger partial charge in [-0.15, -0.1) is 0 Å². The van der Waals surface area contributed by atoms with E-state index in [4.69, 9.17) is 16.0 Å². The van der Waals surface area contributed by atoms with Crippen molar-refractivity contribution in [3.63, 3.8) is 0 Å². The second-order valence-electron chi connectivity index (χ2n) is 6.30. The number of fused-ring (bicyclic) bond motifs is 1. The van der Waals surface area contributed by atoms with E-state index in [2.05, 4.69) is 10.4 Å². The summed E-state index contributed by atoms with van der Waals surface area (Å²) in [6.45, 7) is -0.303. The van der Waals surface area contributed by atoms with Crippen molar-refractivity contribution in [2.24, 2.45) is 5.10 Å². The van der Waals surface area contributed by atoms with Gasteiger partial charge in [0, 0.05) is 16.1 Å². The second kappa shape index (κ2) is 7.73. The smallest absolute Gasteiger partial charge is 0.280 e. The van der Waals surface area contributed by atoms with Gasteiger partial charge in [0.05, 0.1) is 17.7 Å². The molecule has 0 spiro atoms. The highest BCUT2D eigenvalue weighted by molar-refractivity contribution is 7.89. The Morgan fingerprint density at radius 3 is 2.62 bits per heavy atom. The summed E-state index contributed by atoms with van der Waals surface area (Å²) >= 11 is 6.10. The number of nitrogens with zero attached hydrogens (tertiary/aromatic N) is 2. The molecule has 148 valence electrons. The zero-order valence-electron chi connectivity index (χ0n) is 15.1. The lowest BCUT2D eigenvalue weighted by Gasteiger charge is -2.26. The summed E-state index contributed by atoms with van der Waals surface area (Å²) < 4.78 is 32.0. The molecule has 2 aromatic carbocycles. The monoisotopic (exact) mass is 429 g/mol. The van der Waals surface area contributed by atoms with Crippen LogP contribution in [0.15, 0.2) is 81.3 Å². The van der Waals surface area contributed by atoms with Crippen molar-refractivity contribution >= 4 is 33.2 Å². The SMILES string of the molecule is O=C(CN1N=C(c2ccccc2)c2cc(Cl)ccc2S1(=O)=O)NCc1ccco1. The van der Waals surface area contributed by atoms with Crippen LogP contribution in [0.1, 0.15) is 16.9 Å². The third-order valence-corrected chi connectivity index (χ3v) is 6.24. The number of benzene rings is 2. The maximum Gasteiger partial charge on any atom is 0.280 e. The number of nitrogens with one attached hydrogen (secondary N) is 1. The second-order valence-corrected chi connectivity index (χ2v) is 8.54. The van der Waals surface area contributed by atoms with Crippen molar-refractivity contribution in [1.29, 1.82) is 0 Å². The van der Waals surface area contributed by atoms with E-state index in [1.807, 2.05) is 30.3 Å². The van der Waals surface area contributed by atoms with Gasteiger partial charge in [-0.2, -0.15) is 17.9 Å². The Morgan fingerprint density at radius 1 is 1.10 bits per heavy atom. The number of carbonyl (C=O) groups excluding carboxylic acids is 1. The van der Waals surface area contributed by atoms with Crippen molar-refractivity contribution in [3.8, 4) is 0 Å². The van der Waals surface area contributed by atoms with Crippen LogP contribution < -0.4 is 5.32 Å². The van der Waals surface area contributed by atoms with E-state index in [1.54, 1.807) is 18.2 Å².